The Morgan fingerprint density at radius 2 is 2.16 bits per heavy atom. The fraction of sp³-hybridized carbons (Fsp3) is 0.579. The molecule has 0 bridgehead atoms. The molecular formula is C19H26N4OS. The lowest BCUT2D eigenvalue weighted by molar-refractivity contribution is 0.00464. The number of piperidine rings is 1. The van der Waals surface area contributed by atoms with Crippen LogP contribution in [-0.4, -0.2) is 39.7 Å². The molecule has 2 aromatic heterocycles. The van der Waals surface area contributed by atoms with E-state index in [0.717, 1.165) is 43.7 Å². The van der Waals surface area contributed by atoms with Crippen molar-refractivity contribution in [1.82, 2.24) is 20.0 Å². The fourth-order valence-electron chi connectivity index (χ4n) is 4.39. The fourth-order valence-corrected chi connectivity index (χ4v) is 5.02. The third-order valence-corrected chi connectivity index (χ3v) is 6.59. The summed E-state index contributed by atoms with van der Waals surface area (Å²) < 4.78 is 1.91. The van der Waals surface area contributed by atoms with Gasteiger partial charge in [0.1, 0.15) is 0 Å². The smallest absolute Gasteiger partial charge is 0.252 e. The van der Waals surface area contributed by atoms with Gasteiger partial charge in [-0.15, -0.1) is 0 Å². The van der Waals surface area contributed by atoms with Crippen molar-refractivity contribution in [2.75, 3.05) is 13.1 Å². The summed E-state index contributed by atoms with van der Waals surface area (Å²) in [6, 6.07) is 2.26. The van der Waals surface area contributed by atoms with Crippen molar-refractivity contribution in [2.45, 2.75) is 45.2 Å². The Labute approximate surface area is 153 Å². The molecule has 2 fully saturated rings. The second-order valence-electron chi connectivity index (χ2n) is 7.78. The third kappa shape index (κ3) is 3.51. The lowest BCUT2D eigenvalue weighted by atomic mass is 9.60. The van der Waals surface area contributed by atoms with E-state index in [4.69, 9.17) is 0 Å². The third-order valence-electron chi connectivity index (χ3n) is 5.90. The first-order valence-electron chi connectivity index (χ1n) is 9.08. The number of hydrogen-bond donors (Lipinski definition) is 1. The van der Waals surface area contributed by atoms with Gasteiger partial charge in [0, 0.05) is 42.3 Å². The van der Waals surface area contributed by atoms with Crippen LogP contribution in [0.1, 0.15) is 47.3 Å². The van der Waals surface area contributed by atoms with Gasteiger partial charge in [-0.05, 0) is 62.6 Å². The van der Waals surface area contributed by atoms with E-state index in [1.54, 1.807) is 11.3 Å². The van der Waals surface area contributed by atoms with E-state index < -0.39 is 0 Å². The number of likely N-dealkylation sites (tertiary alicyclic amines) is 1. The van der Waals surface area contributed by atoms with E-state index in [-0.39, 0.29) is 5.91 Å². The molecular weight excluding hydrogens is 332 g/mol. The zero-order valence-corrected chi connectivity index (χ0v) is 15.8. The van der Waals surface area contributed by atoms with E-state index in [1.165, 1.54) is 18.4 Å². The molecule has 0 atom stereocenters. The number of thiophene rings is 1. The predicted octanol–water partition coefficient (Wildman–Crippen LogP) is 2.96. The van der Waals surface area contributed by atoms with Gasteiger partial charge < -0.3 is 5.32 Å². The van der Waals surface area contributed by atoms with E-state index in [9.17, 15) is 4.79 Å². The molecule has 5 nitrogen and oxygen atoms in total. The highest BCUT2D eigenvalue weighted by molar-refractivity contribution is 7.08. The number of aromatic nitrogens is 2. The van der Waals surface area contributed by atoms with Crippen LogP contribution in [0.15, 0.2) is 23.0 Å². The van der Waals surface area contributed by atoms with E-state index in [2.05, 4.69) is 28.4 Å². The van der Waals surface area contributed by atoms with Gasteiger partial charge in [0.2, 0.25) is 0 Å². The summed E-state index contributed by atoms with van der Waals surface area (Å²) in [5.41, 5.74) is 3.75. The first kappa shape index (κ1) is 16.8. The molecule has 1 amide bonds. The standard InChI is InChI=1S/C19H26N4OS/c1-14-16(11-22(2)21-14)12-23-6-4-19(5-7-23)9-17(10-19)20-18(24)15-3-8-25-13-15/h3,8,11,13,17H,4-7,9-10,12H2,1-2H3,(H,20,24). The maximum atomic E-state index is 12.1. The van der Waals surface area contributed by atoms with Crippen LogP contribution in [0.25, 0.3) is 0 Å². The van der Waals surface area contributed by atoms with E-state index >= 15 is 0 Å². The minimum absolute atomic E-state index is 0.0885. The lowest BCUT2D eigenvalue weighted by Crippen LogP contribution is -2.54. The zero-order valence-electron chi connectivity index (χ0n) is 15.0. The molecule has 134 valence electrons. The van der Waals surface area contributed by atoms with Crippen molar-refractivity contribution in [3.8, 4) is 0 Å². The number of nitrogens with one attached hydrogen (secondary N) is 1. The maximum absolute atomic E-state index is 12.1. The van der Waals surface area contributed by atoms with Crippen LogP contribution < -0.4 is 5.32 Å². The average Bonchev–Trinajstić information content (AvgIpc) is 3.18. The average molecular weight is 359 g/mol. The van der Waals surface area contributed by atoms with E-state index in [0.29, 0.717) is 11.5 Å². The first-order valence-corrected chi connectivity index (χ1v) is 10.0. The van der Waals surface area contributed by atoms with Gasteiger partial charge in [0.25, 0.3) is 5.91 Å². The minimum atomic E-state index is 0.0885. The molecule has 2 aliphatic rings. The number of nitrogens with zero attached hydrogens (tertiary/aromatic N) is 3. The summed E-state index contributed by atoms with van der Waals surface area (Å²) in [7, 11) is 1.99. The SMILES string of the molecule is Cc1nn(C)cc1CN1CCC2(CC1)CC(NC(=O)c1ccsc1)C2. The highest BCUT2D eigenvalue weighted by Gasteiger charge is 2.46. The Kier molecular flexibility index (Phi) is 4.41. The van der Waals surface area contributed by atoms with Crippen LogP contribution >= 0.6 is 11.3 Å². The topological polar surface area (TPSA) is 50.2 Å². The Hall–Kier alpha value is -1.66. The second kappa shape index (κ2) is 6.57. The molecule has 2 aromatic rings. The highest BCUT2D eigenvalue weighted by Crippen LogP contribution is 2.49. The largest absolute Gasteiger partial charge is 0.349 e. The van der Waals surface area contributed by atoms with Gasteiger partial charge in [-0.2, -0.15) is 16.4 Å². The van der Waals surface area contributed by atoms with Crippen molar-refractivity contribution in [3.05, 3.63) is 39.8 Å². The predicted molar refractivity (Wildman–Crippen MR) is 99.7 cm³/mol. The van der Waals surface area contributed by atoms with Gasteiger partial charge in [0.15, 0.2) is 0 Å². The summed E-state index contributed by atoms with van der Waals surface area (Å²) in [4.78, 5) is 14.7. The maximum Gasteiger partial charge on any atom is 0.252 e. The van der Waals surface area contributed by atoms with Gasteiger partial charge >= 0.3 is 0 Å². The normalized spacial score (nSPS) is 20.6. The lowest BCUT2D eigenvalue weighted by Gasteiger charge is -2.52. The van der Waals surface area contributed by atoms with Crippen LogP contribution in [-0.2, 0) is 13.6 Å². The van der Waals surface area contributed by atoms with E-state index in [1.807, 2.05) is 28.6 Å². The number of carbonyl (C=O) groups is 1. The van der Waals surface area contributed by atoms with Crippen molar-refractivity contribution in [1.29, 1.82) is 0 Å². The molecule has 1 saturated heterocycles. The number of aryl methyl sites for hydroxylation is 2. The van der Waals surface area contributed by atoms with Gasteiger partial charge in [0.05, 0.1) is 5.69 Å². The van der Waals surface area contributed by atoms with Gasteiger partial charge in [-0.25, -0.2) is 0 Å². The van der Waals surface area contributed by atoms with Crippen LogP contribution in [0.2, 0.25) is 0 Å². The van der Waals surface area contributed by atoms with Crippen LogP contribution in [0.5, 0.6) is 0 Å². The molecule has 1 saturated carbocycles. The number of amides is 1. The zero-order chi connectivity index (χ0) is 17.4. The quantitative estimate of drug-likeness (QED) is 0.914. The molecule has 1 aliphatic carbocycles. The Balaban J connectivity index is 1.24. The Morgan fingerprint density at radius 1 is 1.40 bits per heavy atom. The van der Waals surface area contributed by atoms with Crippen LogP contribution in [0, 0.1) is 12.3 Å². The minimum Gasteiger partial charge on any atom is -0.349 e. The molecule has 0 aromatic carbocycles. The van der Waals surface area contributed by atoms with Crippen molar-refractivity contribution in [3.63, 3.8) is 0 Å². The Bertz CT molecular complexity index is 736. The Morgan fingerprint density at radius 3 is 2.76 bits per heavy atom. The summed E-state index contributed by atoms with van der Waals surface area (Å²) in [5.74, 6) is 0.0885. The molecule has 4 rings (SSSR count). The van der Waals surface area contributed by atoms with Crippen molar-refractivity contribution >= 4 is 17.2 Å². The molecule has 3 heterocycles. The van der Waals surface area contributed by atoms with Gasteiger partial charge in [-0.1, -0.05) is 0 Å². The highest BCUT2D eigenvalue weighted by atomic mass is 32.1. The summed E-state index contributed by atoms with van der Waals surface area (Å²) in [6.45, 7) is 5.40. The molecule has 1 N–H and O–H groups in total. The monoisotopic (exact) mass is 358 g/mol. The molecule has 0 radical (unpaired) electrons. The van der Waals surface area contributed by atoms with Crippen molar-refractivity contribution < 1.29 is 4.79 Å². The van der Waals surface area contributed by atoms with Crippen LogP contribution in [0.4, 0.5) is 0 Å². The molecule has 6 heteroatoms. The van der Waals surface area contributed by atoms with Crippen molar-refractivity contribution in [2.24, 2.45) is 12.5 Å². The summed E-state index contributed by atoms with van der Waals surface area (Å²) in [5, 5.41) is 11.5. The first-order chi connectivity index (χ1) is 12.0. The molecule has 1 aliphatic heterocycles. The number of hydrogen-bond acceptors (Lipinski definition) is 4. The molecule has 25 heavy (non-hydrogen) atoms. The second-order valence-corrected chi connectivity index (χ2v) is 8.56. The number of rotatable bonds is 4. The molecule has 0 unspecified atom stereocenters. The summed E-state index contributed by atoms with van der Waals surface area (Å²) >= 11 is 1.57. The molecule has 1 spiro atoms. The number of carbonyl (C=O) groups excluding carboxylic acids is 1. The van der Waals surface area contributed by atoms with Crippen LogP contribution in [0.3, 0.4) is 0 Å². The van der Waals surface area contributed by atoms with Gasteiger partial charge in [-0.3, -0.25) is 14.4 Å². The summed E-state index contributed by atoms with van der Waals surface area (Å²) in [6.07, 6.45) is 6.92.